The van der Waals surface area contributed by atoms with Crippen LogP contribution in [0, 0.1) is 6.57 Å². The second-order valence-corrected chi connectivity index (χ2v) is 15.8. The number of hydrogen-bond donors (Lipinski definition) is 2. The molecule has 2 aliphatic heterocycles. The highest BCUT2D eigenvalue weighted by Crippen LogP contribution is 2.65. The minimum Gasteiger partial charge on any atom is -0.494 e. The number of benzene rings is 1. The zero-order chi connectivity index (χ0) is 25.6. The van der Waals surface area contributed by atoms with Crippen molar-refractivity contribution in [2.45, 2.75) is 82.7 Å². The van der Waals surface area contributed by atoms with E-state index >= 15 is 0 Å². The third-order valence-electron chi connectivity index (χ3n) is 7.68. The lowest BCUT2D eigenvalue weighted by atomic mass is 9.78. The van der Waals surface area contributed by atoms with E-state index in [4.69, 9.17) is 15.7 Å². The highest BCUT2D eigenvalue weighted by atomic mass is 28.4. The van der Waals surface area contributed by atoms with Gasteiger partial charge in [0, 0.05) is 6.42 Å². The Hall–Kier alpha value is -2.48. The molecular formula is C24H29F3N2O4Si. The van der Waals surface area contributed by atoms with Gasteiger partial charge in [-0.05, 0) is 44.1 Å². The highest BCUT2D eigenvalue weighted by molar-refractivity contribution is 6.74. The molecule has 2 aromatic rings. The van der Waals surface area contributed by atoms with E-state index in [2.05, 4.69) is 38.7 Å². The van der Waals surface area contributed by atoms with Crippen LogP contribution >= 0.6 is 0 Å². The van der Waals surface area contributed by atoms with Crippen molar-refractivity contribution in [1.29, 1.82) is 0 Å². The van der Waals surface area contributed by atoms with Crippen molar-refractivity contribution in [2.75, 3.05) is 0 Å². The Bertz CT molecular complexity index is 1220. The van der Waals surface area contributed by atoms with Crippen molar-refractivity contribution in [1.82, 2.24) is 4.57 Å². The van der Waals surface area contributed by atoms with E-state index in [0.29, 0.717) is 17.5 Å². The van der Waals surface area contributed by atoms with Crippen LogP contribution in [-0.4, -0.2) is 29.2 Å². The van der Waals surface area contributed by atoms with Crippen molar-refractivity contribution in [3.63, 3.8) is 0 Å². The summed E-state index contributed by atoms with van der Waals surface area (Å²) in [5.41, 5.74) is -3.18. The van der Waals surface area contributed by atoms with Crippen LogP contribution in [0.25, 0.3) is 10.5 Å². The summed E-state index contributed by atoms with van der Waals surface area (Å²) in [4.78, 5) is 2.95. The molecule has 1 fully saturated rings. The molecule has 1 aromatic carbocycles. The maximum absolute atomic E-state index is 13.5. The molecule has 1 aromatic heterocycles. The minimum atomic E-state index is -4.76. The fraction of sp³-hybridized carbons (Fsp3) is 0.542. The lowest BCUT2D eigenvalue weighted by molar-refractivity contribution is -0.136. The predicted octanol–water partition coefficient (Wildman–Crippen LogP) is 6.71. The number of ether oxygens (including phenoxy) is 1. The molecule has 3 atom stereocenters. The molecule has 2 bridgehead atoms. The van der Waals surface area contributed by atoms with Crippen molar-refractivity contribution in [2.24, 2.45) is 0 Å². The Morgan fingerprint density at radius 1 is 1.15 bits per heavy atom. The van der Waals surface area contributed by atoms with E-state index in [0.717, 1.165) is 16.7 Å². The van der Waals surface area contributed by atoms with Gasteiger partial charge >= 0.3 is 6.18 Å². The number of halogens is 3. The monoisotopic (exact) mass is 494 g/mol. The number of nitrogens with zero attached hydrogens (tertiary/aromatic N) is 2. The predicted molar refractivity (Wildman–Crippen MR) is 123 cm³/mol. The molecular weight excluding hydrogens is 465 g/mol. The molecule has 0 spiro atoms. The first-order valence-corrected chi connectivity index (χ1v) is 13.9. The third-order valence-corrected chi connectivity index (χ3v) is 12.2. The van der Waals surface area contributed by atoms with E-state index < -0.39 is 48.9 Å². The number of fused-ring (bicyclic) bond motifs is 5. The van der Waals surface area contributed by atoms with Gasteiger partial charge in [0.25, 0.3) is 0 Å². The number of hydrogen-bond acceptors (Lipinski definition) is 4. The van der Waals surface area contributed by atoms with Crippen LogP contribution in [0.4, 0.5) is 18.9 Å². The fourth-order valence-electron chi connectivity index (χ4n) is 4.93. The molecule has 2 unspecified atom stereocenters. The summed E-state index contributed by atoms with van der Waals surface area (Å²) in [6.45, 7) is 21.2. The Kier molecular flexibility index (Phi) is 5.09. The van der Waals surface area contributed by atoms with E-state index in [1.165, 1.54) is 6.07 Å². The molecule has 184 valence electrons. The van der Waals surface area contributed by atoms with Crippen LogP contribution in [-0.2, 0) is 26.5 Å². The van der Waals surface area contributed by atoms with E-state index in [-0.39, 0.29) is 16.6 Å². The van der Waals surface area contributed by atoms with Gasteiger partial charge in [0.15, 0.2) is 14.0 Å². The van der Waals surface area contributed by atoms with Gasteiger partial charge in [-0.25, -0.2) is 4.85 Å². The second kappa shape index (κ2) is 7.03. The highest BCUT2D eigenvalue weighted by Gasteiger charge is 2.66. The molecule has 0 saturated carbocycles. The number of aromatic nitrogens is 1. The van der Waals surface area contributed by atoms with Crippen molar-refractivity contribution in [3.05, 3.63) is 46.3 Å². The Morgan fingerprint density at radius 2 is 1.74 bits per heavy atom. The molecule has 0 aliphatic carbocycles. The van der Waals surface area contributed by atoms with Crippen molar-refractivity contribution < 1.29 is 32.5 Å². The van der Waals surface area contributed by atoms with Gasteiger partial charge in [0.2, 0.25) is 11.8 Å². The average molecular weight is 495 g/mol. The topological polar surface area (TPSA) is 68.2 Å². The van der Waals surface area contributed by atoms with Crippen molar-refractivity contribution in [3.8, 4) is 17.4 Å². The van der Waals surface area contributed by atoms with Crippen LogP contribution < -0.4 is 0 Å². The van der Waals surface area contributed by atoms with Gasteiger partial charge in [-0.1, -0.05) is 26.8 Å². The third kappa shape index (κ3) is 3.28. The minimum absolute atomic E-state index is 0.0658. The average Bonchev–Trinajstić information content (AvgIpc) is 3.20. The van der Waals surface area contributed by atoms with Gasteiger partial charge in [0.1, 0.15) is 5.60 Å². The van der Waals surface area contributed by atoms with Gasteiger partial charge in [0.05, 0.1) is 40.7 Å². The van der Waals surface area contributed by atoms with Gasteiger partial charge in [-0.3, -0.25) is 4.57 Å². The SMILES string of the molecule is [C-]#[N+]c1ccc(-n2c(O)c3c(c2O)C2(C)OC3(C)C[C@H]2O[Si](C)(C)C(C)(C)C)cc1C(F)(F)F. The molecule has 34 heavy (non-hydrogen) atoms. The summed E-state index contributed by atoms with van der Waals surface area (Å²) in [6.07, 6.45) is -4.73. The second-order valence-electron chi connectivity index (χ2n) is 11.1. The first kappa shape index (κ1) is 24.6. The number of alkyl halides is 3. The summed E-state index contributed by atoms with van der Waals surface area (Å²) >= 11 is 0. The zero-order valence-corrected chi connectivity index (χ0v) is 21.3. The molecule has 10 heteroatoms. The molecule has 0 radical (unpaired) electrons. The van der Waals surface area contributed by atoms with Gasteiger partial charge < -0.3 is 19.4 Å². The quantitative estimate of drug-likeness (QED) is 0.367. The normalized spacial score (nSPS) is 26.6. The lowest BCUT2D eigenvalue weighted by Crippen LogP contribution is -2.48. The smallest absolute Gasteiger partial charge is 0.407 e. The van der Waals surface area contributed by atoms with Crippen LogP contribution in [0.5, 0.6) is 11.8 Å². The molecule has 3 heterocycles. The largest absolute Gasteiger partial charge is 0.494 e. The van der Waals surface area contributed by atoms with Gasteiger partial charge in [-0.15, -0.1) is 0 Å². The number of aromatic hydroxyl groups is 2. The molecule has 2 N–H and O–H groups in total. The zero-order valence-electron chi connectivity index (χ0n) is 20.3. The number of rotatable bonds is 3. The first-order valence-electron chi connectivity index (χ1n) is 11.0. The van der Waals surface area contributed by atoms with E-state index in [9.17, 15) is 23.4 Å². The van der Waals surface area contributed by atoms with Crippen LogP contribution in [0.3, 0.4) is 0 Å². The summed E-state index contributed by atoms with van der Waals surface area (Å²) in [6, 6.07) is 3.07. The maximum atomic E-state index is 13.5. The Morgan fingerprint density at radius 3 is 2.26 bits per heavy atom. The summed E-state index contributed by atoms with van der Waals surface area (Å²) in [7, 11) is -2.22. The molecule has 6 nitrogen and oxygen atoms in total. The lowest BCUT2D eigenvalue weighted by Gasteiger charge is -2.42. The van der Waals surface area contributed by atoms with Crippen LogP contribution in [0.1, 0.15) is 57.7 Å². The Balaban J connectivity index is 1.86. The van der Waals surface area contributed by atoms with Crippen LogP contribution in [0.15, 0.2) is 18.2 Å². The summed E-state index contributed by atoms with van der Waals surface area (Å²) < 4.78 is 54.6. The van der Waals surface area contributed by atoms with Gasteiger partial charge in [-0.2, -0.15) is 13.2 Å². The van der Waals surface area contributed by atoms with Crippen molar-refractivity contribution >= 4 is 14.0 Å². The summed E-state index contributed by atoms with van der Waals surface area (Å²) in [5, 5.41) is 22.3. The maximum Gasteiger partial charge on any atom is 0.407 e. The van der Waals surface area contributed by atoms with E-state index in [1.807, 2.05) is 0 Å². The van der Waals surface area contributed by atoms with Crippen LogP contribution in [0.2, 0.25) is 18.1 Å². The van der Waals surface area contributed by atoms with E-state index in [1.54, 1.807) is 13.8 Å². The molecule has 1 saturated heterocycles. The standard InChI is InChI=1S/C24H29F3N2O4Si/c1-21(2,3)34(7,8)32-16-12-22(4)17-18(23(16,5)33-22)20(31)29(19(17)30)13-9-10-15(28-6)14(11-13)24(25,26)27/h9-11,16,30-31H,12H2,1-5,7-8H3/t16-,22?,23?/m1/s1. The first-order chi connectivity index (χ1) is 15.4. The molecule has 0 amide bonds. The molecule has 4 rings (SSSR count). The fourth-order valence-corrected chi connectivity index (χ4v) is 6.30. The Labute approximate surface area is 197 Å². The molecule has 2 aliphatic rings. The summed E-state index contributed by atoms with van der Waals surface area (Å²) in [5.74, 6) is -0.779.